The second-order valence-corrected chi connectivity index (χ2v) is 8.90. The number of pyridine rings is 1. The molecular formula is C14H15ClN2O2S2. The van der Waals surface area contributed by atoms with Crippen LogP contribution in [0.5, 0.6) is 0 Å². The number of hydrogen-bond donors (Lipinski definition) is 0. The van der Waals surface area contributed by atoms with Crippen LogP contribution < -0.4 is 0 Å². The first-order valence-electron chi connectivity index (χ1n) is 6.73. The minimum Gasteiger partial charge on any atom is -0.265 e. The molecule has 0 amide bonds. The van der Waals surface area contributed by atoms with Crippen LogP contribution in [-0.4, -0.2) is 30.8 Å². The molecule has 7 heteroatoms. The Morgan fingerprint density at radius 3 is 2.38 bits per heavy atom. The smallest absolute Gasteiger partial charge is 0.252 e. The van der Waals surface area contributed by atoms with E-state index in [0.717, 1.165) is 24.2 Å². The molecule has 0 unspecified atom stereocenters. The molecule has 0 spiro atoms. The third-order valence-corrected chi connectivity index (χ3v) is 7.37. The Morgan fingerprint density at radius 1 is 1.14 bits per heavy atom. The van der Waals surface area contributed by atoms with Gasteiger partial charge in [-0.15, -0.1) is 11.3 Å². The third kappa shape index (κ3) is 3.13. The van der Waals surface area contributed by atoms with Crippen molar-refractivity contribution in [2.75, 3.05) is 13.1 Å². The van der Waals surface area contributed by atoms with Gasteiger partial charge in [0.05, 0.1) is 4.34 Å². The highest BCUT2D eigenvalue weighted by atomic mass is 35.5. The van der Waals surface area contributed by atoms with Crippen molar-refractivity contribution in [1.82, 2.24) is 9.29 Å². The molecule has 0 saturated carbocycles. The van der Waals surface area contributed by atoms with Gasteiger partial charge in [-0.1, -0.05) is 11.6 Å². The van der Waals surface area contributed by atoms with Crippen LogP contribution in [-0.2, 0) is 10.0 Å². The van der Waals surface area contributed by atoms with Crippen molar-refractivity contribution < 1.29 is 8.42 Å². The van der Waals surface area contributed by atoms with Gasteiger partial charge in [0.15, 0.2) is 0 Å². The zero-order chi connectivity index (χ0) is 14.9. The van der Waals surface area contributed by atoms with Crippen molar-refractivity contribution in [2.24, 2.45) is 0 Å². The van der Waals surface area contributed by atoms with Crippen molar-refractivity contribution >= 4 is 33.0 Å². The molecule has 0 aliphatic carbocycles. The van der Waals surface area contributed by atoms with E-state index in [-0.39, 0.29) is 0 Å². The summed E-state index contributed by atoms with van der Waals surface area (Å²) in [6, 6.07) is 7.22. The Hall–Kier alpha value is -0.950. The van der Waals surface area contributed by atoms with Gasteiger partial charge >= 0.3 is 0 Å². The molecule has 0 aromatic carbocycles. The summed E-state index contributed by atoms with van der Waals surface area (Å²) in [5, 5.41) is 0. The number of aromatic nitrogens is 1. The number of thiophene rings is 1. The van der Waals surface area contributed by atoms with E-state index in [9.17, 15) is 8.42 Å². The van der Waals surface area contributed by atoms with E-state index in [1.807, 2.05) is 12.1 Å². The van der Waals surface area contributed by atoms with Crippen LogP contribution in [0.2, 0.25) is 4.34 Å². The van der Waals surface area contributed by atoms with Gasteiger partial charge in [0.2, 0.25) is 0 Å². The van der Waals surface area contributed by atoms with Crippen LogP contribution >= 0.6 is 22.9 Å². The van der Waals surface area contributed by atoms with Crippen molar-refractivity contribution in [1.29, 1.82) is 0 Å². The SMILES string of the molecule is O=S(=O)(c1ccc(Cl)s1)N1CCC(c2ccncc2)CC1. The fourth-order valence-electron chi connectivity index (χ4n) is 2.63. The second kappa shape index (κ2) is 6.04. The monoisotopic (exact) mass is 342 g/mol. The van der Waals surface area contributed by atoms with E-state index in [1.165, 1.54) is 5.56 Å². The summed E-state index contributed by atoms with van der Waals surface area (Å²) in [6.07, 6.45) is 5.24. The zero-order valence-electron chi connectivity index (χ0n) is 11.3. The quantitative estimate of drug-likeness (QED) is 0.859. The Labute approximate surface area is 133 Å². The maximum Gasteiger partial charge on any atom is 0.252 e. The van der Waals surface area contributed by atoms with E-state index < -0.39 is 10.0 Å². The maximum absolute atomic E-state index is 12.5. The number of sulfonamides is 1. The number of nitrogens with zero attached hydrogens (tertiary/aromatic N) is 2. The second-order valence-electron chi connectivity index (χ2n) is 5.02. The molecule has 3 rings (SSSR count). The van der Waals surface area contributed by atoms with Crippen molar-refractivity contribution in [3.63, 3.8) is 0 Å². The third-order valence-electron chi connectivity index (χ3n) is 3.77. The van der Waals surface area contributed by atoms with Gasteiger partial charge in [-0.05, 0) is 48.6 Å². The van der Waals surface area contributed by atoms with E-state index in [1.54, 1.807) is 28.8 Å². The van der Waals surface area contributed by atoms with Crippen LogP contribution in [0.15, 0.2) is 40.9 Å². The predicted octanol–water partition coefficient (Wildman–Crippen LogP) is 3.36. The summed E-state index contributed by atoms with van der Waals surface area (Å²) >= 11 is 6.95. The number of piperidine rings is 1. The largest absolute Gasteiger partial charge is 0.265 e. The molecule has 1 fully saturated rings. The summed E-state index contributed by atoms with van der Waals surface area (Å²) in [5.74, 6) is 0.409. The molecule has 4 nitrogen and oxygen atoms in total. The Kier molecular flexibility index (Phi) is 4.31. The Morgan fingerprint density at radius 2 is 1.81 bits per heavy atom. The summed E-state index contributed by atoms with van der Waals surface area (Å²) in [4.78, 5) is 4.02. The highest BCUT2D eigenvalue weighted by molar-refractivity contribution is 7.91. The molecule has 3 heterocycles. The standard InChI is InChI=1S/C14H15ClN2O2S2/c15-13-1-2-14(20-13)21(18,19)17-9-5-12(6-10-17)11-3-7-16-8-4-11/h1-4,7-8,12H,5-6,9-10H2. The van der Waals surface area contributed by atoms with E-state index in [4.69, 9.17) is 11.6 Å². The number of hydrogen-bond acceptors (Lipinski definition) is 4. The summed E-state index contributed by atoms with van der Waals surface area (Å²) in [5.41, 5.74) is 1.24. The van der Waals surface area contributed by atoms with Crippen molar-refractivity contribution in [3.8, 4) is 0 Å². The summed E-state index contributed by atoms with van der Waals surface area (Å²) in [7, 11) is -3.39. The molecule has 2 aromatic rings. The lowest BCUT2D eigenvalue weighted by atomic mass is 9.91. The lowest BCUT2D eigenvalue weighted by Gasteiger charge is -2.31. The molecule has 112 valence electrons. The van der Waals surface area contributed by atoms with Crippen molar-refractivity contribution in [3.05, 3.63) is 46.6 Å². The first-order valence-corrected chi connectivity index (χ1v) is 9.36. The first-order chi connectivity index (χ1) is 10.1. The topological polar surface area (TPSA) is 50.3 Å². The zero-order valence-corrected chi connectivity index (χ0v) is 13.7. The Bertz CT molecular complexity index is 708. The predicted molar refractivity (Wildman–Crippen MR) is 84.3 cm³/mol. The maximum atomic E-state index is 12.5. The normalized spacial score (nSPS) is 18.0. The van der Waals surface area contributed by atoms with Crippen LogP contribution in [0, 0.1) is 0 Å². The minimum absolute atomic E-state index is 0.329. The molecule has 1 saturated heterocycles. The van der Waals surface area contributed by atoms with Gasteiger partial charge in [0, 0.05) is 25.5 Å². The summed E-state index contributed by atoms with van der Waals surface area (Å²) in [6.45, 7) is 1.09. The van der Waals surface area contributed by atoms with Crippen LogP contribution in [0.25, 0.3) is 0 Å². The van der Waals surface area contributed by atoms with Gasteiger partial charge in [-0.25, -0.2) is 8.42 Å². The van der Waals surface area contributed by atoms with E-state index >= 15 is 0 Å². The van der Waals surface area contributed by atoms with E-state index in [2.05, 4.69) is 4.98 Å². The van der Waals surface area contributed by atoms with Crippen molar-refractivity contribution in [2.45, 2.75) is 23.0 Å². The van der Waals surface area contributed by atoms with Crippen LogP contribution in [0.1, 0.15) is 24.3 Å². The number of halogens is 1. The average Bonchev–Trinajstić information content (AvgIpc) is 2.96. The van der Waals surface area contributed by atoms with E-state index in [0.29, 0.717) is 27.6 Å². The molecular weight excluding hydrogens is 328 g/mol. The fourth-order valence-corrected chi connectivity index (χ4v) is 5.74. The molecule has 0 N–H and O–H groups in total. The Balaban J connectivity index is 1.71. The molecule has 0 radical (unpaired) electrons. The molecule has 0 atom stereocenters. The van der Waals surface area contributed by atoms with Gasteiger partial charge in [0.25, 0.3) is 10.0 Å². The molecule has 0 bridgehead atoms. The lowest BCUT2D eigenvalue weighted by molar-refractivity contribution is 0.320. The molecule has 1 aliphatic rings. The molecule has 1 aliphatic heterocycles. The first kappa shape index (κ1) is 15.0. The minimum atomic E-state index is -3.39. The van der Waals surface area contributed by atoms with Gasteiger partial charge in [-0.2, -0.15) is 4.31 Å². The highest BCUT2D eigenvalue weighted by Gasteiger charge is 2.30. The average molecular weight is 343 g/mol. The van der Waals surface area contributed by atoms with Gasteiger partial charge in [-0.3, -0.25) is 4.98 Å². The highest BCUT2D eigenvalue weighted by Crippen LogP contribution is 2.33. The molecule has 2 aromatic heterocycles. The number of rotatable bonds is 3. The lowest BCUT2D eigenvalue weighted by Crippen LogP contribution is -2.37. The molecule has 21 heavy (non-hydrogen) atoms. The fraction of sp³-hybridized carbons (Fsp3) is 0.357. The van der Waals surface area contributed by atoms with Crippen LogP contribution in [0.3, 0.4) is 0 Å². The summed E-state index contributed by atoms with van der Waals surface area (Å²) < 4.78 is 27.4. The van der Waals surface area contributed by atoms with Gasteiger partial charge < -0.3 is 0 Å². The van der Waals surface area contributed by atoms with Gasteiger partial charge in [0.1, 0.15) is 4.21 Å². The van der Waals surface area contributed by atoms with Crippen LogP contribution in [0.4, 0.5) is 0 Å².